The van der Waals surface area contributed by atoms with Gasteiger partial charge < -0.3 is 24.8 Å². The highest BCUT2D eigenvalue weighted by Crippen LogP contribution is 2.33. The lowest BCUT2D eigenvalue weighted by molar-refractivity contribution is -0.137. The number of halogens is 1. The van der Waals surface area contributed by atoms with E-state index < -0.39 is 29.5 Å². The number of hydrogen-bond donors (Lipinski definition) is 2. The second-order valence-corrected chi connectivity index (χ2v) is 10.7. The van der Waals surface area contributed by atoms with Crippen molar-refractivity contribution in [3.63, 3.8) is 0 Å². The van der Waals surface area contributed by atoms with Crippen LogP contribution in [-0.4, -0.2) is 59.3 Å². The summed E-state index contributed by atoms with van der Waals surface area (Å²) in [5.74, 6) is -1.81. The van der Waals surface area contributed by atoms with Crippen LogP contribution in [-0.2, 0) is 9.53 Å². The summed E-state index contributed by atoms with van der Waals surface area (Å²) < 4.78 is 25.2. The first-order valence-electron chi connectivity index (χ1n) is 12.4. The molecule has 9 heteroatoms. The average Bonchev–Trinajstić information content (AvgIpc) is 2.74. The van der Waals surface area contributed by atoms with Crippen LogP contribution < -0.4 is 10.1 Å². The van der Waals surface area contributed by atoms with E-state index in [-0.39, 0.29) is 35.1 Å². The summed E-state index contributed by atoms with van der Waals surface area (Å²) in [6, 6.07) is 3.16. The summed E-state index contributed by atoms with van der Waals surface area (Å²) in [5, 5.41) is 11.8. The number of rotatable bonds is 8. The second-order valence-electron chi connectivity index (χ2n) is 10.7. The Morgan fingerprint density at radius 2 is 1.80 bits per heavy atom. The maximum atomic E-state index is 14.2. The van der Waals surface area contributed by atoms with Crippen LogP contribution in [0.15, 0.2) is 18.2 Å². The Balaban J connectivity index is 1.58. The van der Waals surface area contributed by atoms with Gasteiger partial charge in [0.1, 0.15) is 11.6 Å². The molecule has 8 nitrogen and oxygen atoms in total. The van der Waals surface area contributed by atoms with E-state index in [1.165, 1.54) is 12.1 Å². The Morgan fingerprint density at radius 1 is 1.14 bits per heavy atom. The van der Waals surface area contributed by atoms with Crippen LogP contribution in [0, 0.1) is 17.7 Å². The van der Waals surface area contributed by atoms with Gasteiger partial charge in [-0.05, 0) is 95.8 Å². The monoisotopic (exact) mass is 492 g/mol. The first-order valence-corrected chi connectivity index (χ1v) is 12.4. The molecule has 0 radical (unpaired) electrons. The summed E-state index contributed by atoms with van der Waals surface area (Å²) in [6.45, 7) is 5.66. The molecule has 0 aromatic heterocycles. The fraction of sp³-hybridized carbons (Fsp3) is 0.654. The quantitative estimate of drug-likeness (QED) is 0.549. The van der Waals surface area contributed by atoms with Gasteiger partial charge >= 0.3 is 12.1 Å². The minimum Gasteiger partial charge on any atom is -0.490 e. The number of benzene rings is 1. The number of amides is 2. The van der Waals surface area contributed by atoms with E-state index in [9.17, 15) is 18.8 Å². The molecule has 0 unspecified atom stereocenters. The largest absolute Gasteiger partial charge is 0.490 e. The highest BCUT2D eigenvalue weighted by atomic mass is 19.1. The Labute approximate surface area is 206 Å². The van der Waals surface area contributed by atoms with E-state index >= 15 is 0 Å². The van der Waals surface area contributed by atoms with Crippen molar-refractivity contribution in [2.45, 2.75) is 83.4 Å². The maximum absolute atomic E-state index is 14.2. The Kier molecular flexibility index (Phi) is 8.61. The number of hydrogen-bond acceptors (Lipinski definition) is 5. The van der Waals surface area contributed by atoms with Crippen LogP contribution >= 0.6 is 0 Å². The van der Waals surface area contributed by atoms with E-state index in [2.05, 4.69) is 5.32 Å². The van der Waals surface area contributed by atoms with Gasteiger partial charge in [0.15, 0.2) is 11.6 Å². The summed E-state index contributed by atoms with van der Waals surface area (Å²) in [6.07, 6.45) is 5.46. The topological polar surface area (TPSA) is 105 Å². The maximum Gasteiger partial charge on any atom is 0.408 e. The molecule has 2 N–H and O–H groups in total. The smallest absolute Gasteiger partial charge is 0.408 e. The second kappa shape index (κ2) is 11.3. The lowest BCUT2D eigenvalue weighted by Gasteiger charge is -2.40. The number of aromatic carboxylic acids is 1. The van der Waals surface area contributed by atoms with E-state index in [1.807, 2.05) is 0 Å². The number of nitrogens with zero attached hydrogens (tertiary/aromatic N) is 1. The zero-order valence-corrected chi connectivity index (χ0v) is 21.0. The third-order valence-electron chi connectivity index (χ3n) is 6.92. The summed E-state index contributed by atoms with van der Waals surface area (Å²) >= 11 is 0. The molecule has 3 rings (SSSR count). The van der Waals surface area contributed by atoms with Crippen LogP contribution in [0.2, 0.25) is 0 Å². The van der Waals surface area contributed by atoms with E-state index in [0.717, 1.165) is 51.0 Å². The minimum atomic E-state index is -1.19. The van der Waals surface area contributed by atoms with E-state index in [0.29, 0.717) is 6.61 Å². The molecule has 0 aliphatic heterocycles. The van der Waals surface area contributed by atoms with Crippen molar-refractivity contribution in [2.24, 2.45) is 11.8 Å². The molecule has 0 saturated heterocycles. The number of alkyl carbamates (subject to hydrolysis) is 1. The Bertz CT molecular complexity index is 919. The van der Waals surface area contributed by atoms with Gasteiger partial charge in [0.05, 0.1) is 12.2 Å². The fourth-order valence-corrected chi connectivity index (χ4v) is 4.64. The number of carbonyl (C=O) groups excluding carboxylic acids is 2. The zero-order valence-electron chi connectivity index (χ0n) is 21.0. The molecule has 2 aliphatic rings. The molecule has 1 aromatic carbocycles. The normalized spacial score (nSPS) is 21.4. The molecule has 35 heavy (non-hydrogen) atoms. The third-order valence-corrected chi connectivity index (χ3v) is 6.92. The highest BCUT2D eigenvalue weighted by Gasteiger charge is 2.38. The molecule has 2 aliphatic carbocycles. The van der Waals surface area contributed by atoms with Crippen LogP contribution in [0.5, 0.6) is 5.75 Å². The summed E-state index contributed by atoms with van der Waals surface area (Å²) in [5.41, 5.74) is -0.791. The van der Waals surface area contributed by atoms with Crippen LogP contribution in [0.3, 0.4) is 0 Å². The van der Waals surface area contributed by atoms with Crippen molar-refractivity contribution in [1.29, 1.82) is 0 Å². The molecule has 2 amide bonds. The van der Waals surface area contributed by atoms with Crippen molar-refractivity contribution < 1.29 is 33.4 Å². The van der Waals surface area contributed by atoms with Crippen LogP contribution in [0.1, 0.15) is 76.1 Å². The van der Waals surface area contributed by atoms with Crippen LogP contribution in [0.25, 0.3) is 0 Å². The highest BCUT2D eigenvalue weighted by molar-refractivity contribution is 5.87. The number of carboxylic acids is 1. The standard InChI is InChI=1S/C26H37FN2O6/c1-26(2,3)35-25(33)28-22(23(30)29(4)19-6-5-7-19)17-10-8-16(9-11-17)15-34-21-13-12-18(24(31)32)14-20(21)27/h12-14,16-17,19,22H,5-11,15H2,1-4H3,(H,28,33)(H,31,32)/t16-,17-,22-/m0/s1. The number of likely N-dealkylation sites (N-methyl/N-ethyl adjacent to an activating group) is 1. The van der Waals surface area contributed by atoms with Gasteiger partial charge in [-0.2, -0.15) is 0 Å². The fourth-order valence-electron chi connectivity index (χ4n) is 4.64. The van der Waals surface area contributed by atoms with Gasteiger partial charge in [-0.15, -0.1) is 0 Å². The first kappa shape index (κ1) is 26.8. The predicted octanol–water partition coefficient (Wildman–Crippen LogP) is 4.61. The van der Waals surface area contributed by atoms with Crippen molar-refractivity contribution in [2.75, 3.05) is 13.7 Å². The Morgan fingerprint density at radius 3 is 2.31 bits per heavy atom. The molecular formula is C26H37FN2O6. The number of carbonyl (C=O) groups is 3. The van der Waals surface area contributed by atoms with Gasteiger partial charge in [0.2, 0.25) is 5.91 Å². The molecular weight excluding hydrogens is 455 g/mol. The van der Waals surface area contributed by atoms with Crippen molar-refractivity contribution in [3.8, 4) is 5.75 Å². The number of nitrogens with one attached hydrogen (secondary N) is 1. The van der Waals surface area contributed by atoms with Gasteiger partial charge in [-0.1, -0.05) is 0 Å². The predicted molar refractivity (Wildman–Crippen MR) is 128 cm³/mol. The lowest BCUT2D eigenvalue weighted by Crippen LogP contribution is -2.55. The first-order chi connectivity index (χ1) is 16.4. The Hall–Kier alpha value is -2.84. The number of carboxylic acid groups (broad SMARTS) is 1. The minimum absolute atomic E-state index is 0.0268. The molecule has 194 valence electrons. The SMILES string of the molecule is CN(C(=O)[C@@H](NC(=O)OC(C)(C)C)[C@H]1CC[C@H](COc2ccc(C(=O)O)cc2F)CC1)C1CCC1. The van der Waals surface area contributed by atoms with Crippen LogP contribution in [0.4, 0.5) is 9.18 Å². The zero-order chi connectivity index (χ0) is 25.8. The van der Waals surface area contributed by atoms with Crippen molar-refractivity contribution >= 4 is 18.0 Å². The average molecular weight is 493 g/mol. The lowest BCUT2D eigenvalue weighted by atomic mass is 9.78. The number of ether oxygens (including phenoxy) is 2. The summed E-state index contributed by atoms with van der Waals surface area (Å²) in [7, 11) is 1.81. The van der Waals surface area contributed by atoms with Gasteiger partial charge in [-0.25, -0.2) is 14.0 Å². The molecule has 1 atom stereocenters. The third kappa shape index (κ3) is 7.32. The van der Waals surface area contributed by atoms with Crippen molar-refractivity contribution in [1.82, 2.24) is 10.2 Å². The van der Waals surface area contributed by atoms with Gasteiger partial charge in [0.25, 0.3) is 0 Å². The van der Waals surface area contributed by atoms with Gasteiger partial charge in [0, 0.05) is 13.1 Å². The molecule has 0 spiro atoms. The molecule has 2 saturated carbocycles. The van der Waals surface area contributed by atoms with E-state index in [4.69, 9.17) is 14.6 Å². The molecule has 0 bridgehead atoms. The van der Waals surface area contributed by atoms with Gasteiger partial charge in [-0.3, -0.25) is 4.79 Å². The summed E-state index contributed by atoms with van der Waals surface area (Å²) in [4.78, 5) is 38.6. The molecule has 1 aromatic rings. The van der Waals surface area contributed by atoms with E-state index in [1.54, 1.807) is 32.7 Å². The molecule has 0 heterocycles. The molecule has 2 fully saturated rings. The van der Waals surface area contributed by atoms with Crippen molar-refractivity contribution in [3.05, 3.63) is 29.6 Å².